The molecule has 1 unspecified atom stereocenters. The predicted molar refractivity (Wildman–Crippen MR) is 243 cm³/mol. The van der Waals surface area contributed by atoms with Gasteiger partial charge in [0, 0.05) is 4.90 Å². The Morgan fingerprint density at radius 2 is 0.764 bits per heavy atom. The van der Waals surface area contributed by atoms with E-state index in [1.165, 1.54) is 95.5 Å². The third-order valence-electron chi connectivity index (χ3n) is 12.1. The second-order valence-corrected chi connectivity index (χ2v) is 26.9. The van der Waals surface area contributed by atoms with Gasteiger partial charge in [-0.2, -0.15) is 0 Å². The molecule has 55 heavy (non-hydrogen) atoms. The van der Waals surface area contributed by atoms with Crippen LogP contribution in [0, 0.1) is 10.4 Å². The summed E-state index contributed by atoms with van der Waals surface area (Å²) < 4.78 is 7.57. The van der Waals surface area contributed by atoms with E-state index in [9.17, 15) is 0 Å². The summed E-state index contributed by atoms with van der Waals surface area (Å²) in [5.41, 5.74) is 0. The van der Waals surface area contributed by atoms with Crippen molar-refractivity contribution in [2.45, 2.75) is 24.5 Å². The first kappa shape index (κ1) is 32.7. The summed E-state index contributed by atoms with van der Waals surface area (Å²) in [6.07, 6.45) is 0. The zero-order chi connectivity index (χ0) is 36.9. The second kappa shape index (κ2) is 12.2. The maximum absolute atomic E-state index is 7.57. The fourth-order valence-corrected chi connectivity index (χ4v) is 18.8. The van der Waals surface area contributed by atoms with Gasteiger partial charge in [0.05, 0.1) is 0 Å². The average Bonchev–Trinajstić information content (AvgIpc) is 3.22. The topological polar surface area (TPSA) is 9.23 Å². The van der Waals surface area contributed by atoms with E-state index >= 15 is 0 Å². The van der Waals surface area contributed by atoms with Gasteiger partial charge in [-0.3, -0.25) is 0 Å². The van der Waals surface area contributed by atoms with Crippen LogP contribution in [0.25, 0.3) is 64.6 Å². The smallest absolute Gasteiger partial charge is 0.312 e. The average molecular weight is 755 g/mol. The molecule has 3 aliphatic rings. The van der Waals surface area contributed by atoms with E-state index in [1.807, 2.05) is 0 Å². The summed E-state index contributed by atoms with van der Waals surface area (Å²) in [6.45, 7) is 7.32. The predicted octanol–water partition coefficient (Wildman–Crippen LogP) is 12.2. The van der Waals surface area contributed by atoms with Gasteiger partial charge in [0.25, 0.3) is 0 Å². The lowest BCUT2D eigenvalue weighted by molar-refractivity contribution is 0.574. The van der Waals surface area contributed by atoms with Gasteiger partial charge >= 0.3 is 8.32 Å². The summed E-state index contributed by atoms with van der Waals surface area (Å²) >= 11 is 2.09. The number of benzene rings is 8. The molecule has 1 atom stereocenters. The van der Waals surface area contributed by atoms with Gasteiger partial charge in [-0.1, -0.05) is 177 Å². The van der Waals surface area contributed by atoms with Crippen molar-refractivity contribution < 1.29 is 4.43 Å². The number of hydrogen-bond acceptors (Lipinski definition) is 2. The molecule has 0 radical (unpaired) electrons. The third-order valence-corrected chi connectivity index (χ3v) is 21.4. The standard InChI is InChI=1S/C51H38OSSi2/c1-54(2)48-28-12-10-26-46(48)52-55(3,49-29-13-11-27-47(49)53-54)33-30-31-40-36-18-6-9-21-39(36)42-23-14-22-41-37-19-7-4-16-34(37)35-17-5-8-20-38(35)43-24-15-25-44(45(40)32-33)51(43)50(41)42/h4-32H,1-3H3. The molecular formula is C51H38OSSi2. The normalized spacial score (nSPS) is 16.6. The fourth-order valence-electron chi connectivity index (χ4n) is 9.52. The van der Waals surface area contributed by atoms with E-state index < -0.39 is 15.5 Å². The first-order valence-corrected chi connectivity index (χ1v) is 26.1. The molecule has 262 valence electrons. The highest BCUT2D eigenvalue weighted by Crippen LogP contribution is 2.39. The molecule has 11 rings (SSSR count). The van der Waals surface area contributed by atoms with Crippen molar-refractivity contribution in [3.8, 4) is 5.75 Å². The lowest BCUT2D eigenvalue weighted by Crippen LogP contribution is -2.63. The lowest BCUT2D eigenvalue weighted by atomic mass is 9.90. The van der Waals surface area contributed by atoms with Crippen LogP contribution in [-0.2, 0) is 0 Å². The number of fused-ring (bicyclic) bond motifs is 12. The van der Waals surface area contributed by atoms with Crippen LogP contribution in [0.5, 0.6) is 5.75 Å². The molecule has 1 heterocycles. The Balaban J connectivity index is 1.38. The molecule has 0 fully saturated rings. The van der Waals surface area contributed by atoms with E-state index in [4.69, 9.17) is 4.43 Å². The molecule has 0 bridgehead atoms. The molecule has 8 aromatic rings. The first-order valence-electron chi connectivity index (χ1n) is 19.2. The van der Waals surface area contributed by atoms with E-state index in [2.05, 4.69) is 207 Å². The van der Waals surface area contributed by atoms with Gasteiger partial charge in [-0.15, -0.1) is 11.2 Å². The van der Waals surface area contributed by atoms with Gasteiger partial charge in [0.1, 0.15) is 5.75 Å². The van der Waals surface area contributed by atoms with Crippen molar-refractivity contribution in [2.75, 3.05) is 0 Å². The Kier molecular flexibility index (Phi) is 7.25. The molecule has 0 N–H and O–H groups in total. The van der Waals surface area contributed by atoms with Gasteiger partial charge in [-0.05, 0) is 109 Å². The SMILES string of the molecule is C[Si]1(C)Sc2ccccc2[Si](C)(c2ccc3c(c2)c2cccc4c2=c2c(cccc2c2ccccc23)c2ccccc2c2ccccc42)Oc2ccccc21. The van der Waals surface area contributed by atoms with Crippen LogP contribution in [0.15, 0.2) is 181 Å². The number of rotatable bonds is 1. The summed E-state index contributed by atoms with van der Waals surface area (Å²) in [4.78, 5) is 1.36. The van der Waals surface area contributed by atoms with Crippen molar-refractivity contribution in [1.29, 1.82) is 0 Å². The lowest BCUT2D eigenvalue weighted by Gasteiger charge is -2.37. The van der Waals surface area contributed by atoms with Gasteiger partial charge < -0.3 is 4.43 Å². The Labute approximate surface area is 326 Å². The maximum Gasteiger partial charge on any atom is 0.312 e. The molecule has 0 saturated carbocycles. The highest BCUT2D eigenvalue weighted by atomic mass is 32.4. The van der Waals surface area contributed by atoms with Crippen LogP contribution in [0.3, 0.4) is 0 Å². The minimum absolute atomic E-state index is 1.05. The summed E-state index contributed by atoms with van der Waals surface area (Å²) in [6, 6.07) is 66.0. The van der Waals surface area contributed by atoms with Crippen LogP contribution in [0.2, 0.25) is 19.6 Å². The molecule has 8 aromatic carbocycles. The van der Waals surface area contributed by atoms with Crippen molar-refractivity contribution in [2.24, 2.45) is 0 Å². The quantitative estimate of drug-likeness (QED) is 0.154. The van der Waals surface area contributed by atoms with Crippen LogP contribution >= 0.6 is 11.2 Å². The third kappa shape index (κ3) is 4.85. The van der Waals surface area contributed by atoms with Gasteiger partial charge in [0.2, 0.25) is 0 Å². The molecule has 0 amide bonds. The maximum atomic E-state index is 7.57. The van der Waals surface area contributed by atoms with Crippen LogP contribution in [0.4, 0.5) is 0 Å². The molecule has 0 spiro atoms. The molecule has 1 aliphatic heterocycles. The Hall–Kier alpha value is -5.66. The summed E-state index contributed by atoms with van der Waals surface area (Å²) in [7, 11) is -4.75. The van der Waals surface area contributed by atoms with Crippen molar-refractivity contribution in [3.63, 3.8) is 0 Å². The largest absolute Gasteiger partial charge is 0.535 e. The van der Waals surface area contributed by atoms with Crippen LogP contribution < -0.4 is 20.0 Å². The highest BCUT2D eigenvalue weighted by molar-refractivity contribution is 8.30. The zero-order valence-electron chi connectivity index (χ0n) is 31.1. The fraction of sp³-hybridized carbons (Fsp3) is 0.0588. The summed E-state index contributed by atoms with van der Waals surface area (Å²) in [5, 5.41) is 21.7. The molecule has 0 aromatic heterocycles. The molecule has 1 nitrogen and oxygen atoms in total. The molecular weight excluding hydrogens is 717 g/mol. The first-order chi connectivity index (χ1) is 26.9. The second-order valence-electron chi connectivity index (χ2n) is 15.6. The Morgan fingerprint density at radius 1 is 0.364 bits per heavy atom. The van der Waals surface area contributed by atoms with Gasteiger partial charge in [-0.25, -0.2) is 0 Å². The van der Waals surface area contributed by atoms with E-state index in [0.29, 0.717) is 0 Å². The summed E-state index contributed by atoms with van der Waals surface area (Å²) in [5.74, 6) is 1.05. The van der Waals surface area contributed by atoms with Crippen molar-refractivity contribution in [3.05, 3.63) is 186 Å². The van der Waals surface area contributed by atoms with Crippen LogP contribution in [0.1, 0.15) is 0 Å². The van der Waals surface area contributed by atoms with Gasteiger partial charge in [0.15, 0.2) is 7.22 Å². The number of para-hydroxylation sites is 1. The van der Waals surface area contributed by atoms with Crippen LogP contribution in [-0.4, -0.2) is 15.5 Å². The Morgan fingerprint density at radius 3 is 1.31 bits per heavy atom. The Bertz CT molecular complexity index is 3320. The monoisotopic (exact) mass is 754 g/mol. The molecule has 2 aliphatic carbocycles. The number of hydrogen-bond donors (Lipinski definition) is 0. The van der Waals surface area contributed by atoms with Crippen molar-refractivity contribution >= 4 is 107 Å². The minimum Gasteiger partial charge on any atom is -0.535 e. The van der Waals surface area contributed by atoms with E-state index in [1.54, 1.807) is 0 Å². The molecule has 0 saturated heterocycles. The zero-order valence-corrected chi connectivity index (χ0v) is 33.9. The van der Waals surface area contributed by atoms with Crippen molar-refractivity contribution in [1.82, 2.24) is 0 Å². The molecule has 4 heteroatoms. The van der Waals surface area contributed by atoms with E-state index in [0.717, 1.165) is 5.75 Å². The van der Waals surface area contributed by atoms with E-state index in [-0.39, 0.29) is 0 Å². The minimum atomic E-state index is -2.83. The highest BCUT2D eigenvalue weighted by Gasteiger charge is 2.43.